The van der Waals surface area contributed by atoms with Gasteiger partial charge in [-0.3, -0.25) is 4.79 Å². The van der Waals surface area contributed by atoms with Gasteiger partial charge in [0.05, 0.1) is 22.9 Å². The molecule has 6 rings (SSSR count). The Balaban J connectivity index is 1.55. The molecule has 184 valence electrons. The van der Waals surface area contributed by atoms with E-state index in [0.29, 0.717) is 51.1 Å². The molecular formula is C24H17N13O. The van der Waals surface area contributed by atoms with Gasteiger partial charge in [-0.2, -0.15) is 9.78 Å². The first-order valence-corrected chi connectivity index (χ1v) is 11.3. The zero-order valence-electron chi connectivity index (χ0n) is 19.8. The van der Waals surface area contributed by atoms with Crippen molar-refractivity contribution in [3.63, 3.8) is 0 Å². The number of nitrogens with zero attached hydrogens (tertiary/aromatic N) is 12. The number of anilines is 1. The van der Waals surface area contributed by atoms with Gasteiger partial charge >= 0.3 is 0 Å². The van der Waals surface area contributed by atoms with Crippen molar-refractivity contribution in [3.05, 3.63) is 82.8 Å². The van der Waals surface area contributed by atoms with Crippen LogP contribution in [-0.2, 0) is 13.6 Å². The largest absolute Gasteiger partial charge is 0.368 e. The van der Waals surface area contributed by atoms with Crippen molar-refractivity contribution < 1.29 is 0 Å². The molecule has 0 saturated heterocycles. The average Bonchev–Trinajstić information content (AvgIpc) is 3.58. The van der Waals surface area contributed by atoms with Gasteiger partial charge in [-0.15, -0.1) is 10.2 Å². The SMILES string of the molecule is Cn1cc(-c2c(-c3cccc(C#N)c3)nc(N)n3nc(Cn4nnnc4-c4ncccn4)nc23)ccc1=O. The molecule has 0 unspecified atom stereocenters. The molecule has 38 heavy (non-hydrogen) atoms. The summed E-state index contributed by atoms with van der Waals surface area (Å²) in [5.41, 5.74) is 9.45. The molecule has 0 aliphatic carbocycles. The molecule has 0 bridgehead atoms. The number of nitriles is 1. The Morgan fingerprint density at radius 3 is 2.68 bits per heavy atom. The van der Waals surface area contributed by atoms with E-state index in [1.165, 1.54) is 19.8 Å². The smallest absolute Gasteiger partial charge is 0.250 e. The minimum absolute atomic E-state index is 0.0908. The van der Waals surface area contributed by atoms with Crippen LogP contribution in [0.25, 0.3) is 39.7 Å². The van der Waals surface area contributed by atoms with Crippen LogP contribution in [0.2, 0.25) is 0 Å². The Kier molecular flexibility index (Phi) is 5.35. The molecule has 5 aromatic heterocycles. The summed E-state index contributed by atoms with van der Waals surface area (Å²) in [4.78, 5) is 29.9. The number of nitrogen functional groups attached to an aromatic ring is 1. The molecule has 0 aliphatic heterocycles. The van der Waals surface area contributed by atoms with Crippen LogP contribution >= 0.6 is 0 Å². The minimum Gasteiger partial charge on any atom is -0.368 e. The maximum absolute atomic E-state index is 12.1. The van der Waals surface area contributed by atoms with Crippen LogP contribution in [0.5, 0.6) is 0 Å². The molecule has 0 saturated carbocycles. The Labute approximate surface area is 213 Å². The van der Waals surface area contributed by atoms with Gasteiger partial charge in [0, 0.05) is 42.8 Å². The first-order chi connectivity index (χ1) is 18.5. The molecular weight excluding hydrogens is 486 g/mol. The predicted molar refractivity (Wildman–Crippen MR) is 134 cm³/mol. The van der Waals surface area contributed by atoms with Gasteiger partial charge in [0.2, 0.25) is 17.3 Å². The third-order valence-corrected chi connectivity index (χ3v) is 5.78. The van der Waals surface area contributed by atoms with Crippen LogP contribution in [0.3, 0.4) is 0 Å². The number of fused-ring (bicyclic) bond motifs is 1. The van der Waals surface area contributed by atoms with Gasteiger partial charge in [-0.25, -0.2) is 24.6 Å². The lowest BCUT2D eigenvalue weighted by atomic mass is 10.00. The van der Waals surface area contributed by atoms with E-state index in [4.69, 9.17) is 10.7 Å². The van der Waals surface area contributed by atoms with Crippen molar-refractivity contribution in [1.29, 1.82) is 5.26 Å². The molecule has 2 N–H and O–H groups in total. The van der Waals surface area contributed by atoms with E-state index in [2.05, 4.69) is 41.6 Å². The fourth-order valence-corrected chi connectivity index (χ4v) is 4.04. The number of tetrazole rings is 1. The first kappa shape index (κ1) is 22.6. The van der Waals surface area contributed by atoms with E-state index in [0.717, 1.165) is 0 Å². The number of aryl methyl sites for hydroxylation is 1. The molecule has 0 amide bonds. The maximum Gasteiger partial charge on any atom is 0.250 e. The number of benzene rings is 1. The lowest BCUT2D eigenvalue weighted by Crippen LogP contribution is -2.14. The normalized spacial score (nSPS) is 11.1. The second-order valence-electron chi connectivity index (χ2n) is 8.25. The van der Waals surface area contributed by atoms with Gasteiger partial charge in [0.1, 0.15) is 6.54 Å². The molecule has 0 radical (unpaired) electrons. The van der Waals surface area contributed by atoms with E-state index >= 15 is 0 Å². The molecule has 14 heteroatoms. The van der Waals surface area contributed by atoms with Crippen LogP contribution in [0, 0.1) is 11.3 Å². The lowest BCUT2D eigenvalue weighted by molar-refractivity contribution is 0.626. The van der Waals surface area contributed by atoms with Crippen molar-refractivity contribution in [2.24, 2.45) is 7.05 Å². The number of rotatable bonds is 5. The summed E-state index contributed by atoms with van der Waals surface area (Å²) in [6, 6.07) is 14.0. The van der Waals surface area contributed by atoms with Crippen LogP contribution in [0.4, 0.5) is 5.95 Å². The third-order valence-electron chi connectivity index (χ3n) is 5.78. The predicted octanol–water partition coefficient (Wildman–Crippen LogP) is 1.10. The van der Waals surface area contributed by atoms with Crippen molar-refractivity contribution in [1.82, 2.24) is 54.3 Å². The quantitative estimate of drug-likeness (QED) is 0.355. The number of pyridine rings is 1. The van der Waals surface area contributed by atoms with Gasteiger partial charge < -0.3 is 10.3 Å². The number of hydrogen-bond acceptors (Lipinski definition) is 11. The zero-order chi connectivity index (χ0) is 26.2. The van der Waals surface area contributed by atoms with Gasteiger partial charge in [-0.1, -0.05) is 12.1 Å². The standard InChI is InChI=1S/C24H17N13O/c1-35-12-16(6-7-18(35)38)19-20(15-5-2-4-14(10-15)11-25)30-24(26)37-22(19)29-17(32-37)13-36-23(31-33-34-36)21-27-8-3-9-28-21/h2-10,12H,13H2,1H3,(H2,26,30). The Bertz CT molecular complexity index is 1910. The molecule has 0 atom stereocenters. The molecule has 5 heterocycles. The average molecular weight is 503 g/mol. The van der Waals surface area contributed by atoms with Crippen LogP contribution in [0.15, 0.2) is 65.8 Å². The summed E-state index contributed by atoms with van der Waals surface area (Å²) in [6.07, 6.45) is 4.88. The second-order valence-corrected chi connectivity index (χ2v) is 8.25. The number of aromatic nitrogens is 11. The molecule has 6 aromatic rings. The maximum atomic E-state index is 12.1. The first-order valence-electron chi connectivity index (χ1n) is 11.3. The van der Waals surface area contributed by atoms with Crippen LogP contribution < -0.4 is 11.3 Å². The summed E-state index contributed by atoms with van der Waals surface area (Å²) >= 11 is 0. The van der Waals surface area contributed by atoms with Crippen LogP contribution in [-0.4, -0.2) is 54.3 Å². The summed E-state index contributed by atoms with van der Waals surface area (Å²) in [7, 11) is 1.66. The van der Waals surface area contributed by atoms with E-state index in [1.54, 1.807) is 56.0 Å². The highest BCUT2D eigenvalue weighted by molar-refractivity contribution is 5.90. The fraction of sp³-hybridized carbons (Fsp3) is 0.0833. The molecule has 0 aliphatic rings. The molecule has 0 fully saturated rings. The summed E-state index contributed by atoms with van der Waals surface area (Å²) in [6.45, 7) is 0.105. The highest BCUT2D eigenvalue weighted by Gasteiger charge is 2.22. The summed E-state index contributed by atoms with van der Waals surface area (Å²) < 4.78 is 4.37. The number of nitrogens with two attached hydrogens (primary N) is 1. The monoisotopic (exact) mass is 503 g/mol. The summed E-state index contributed by atoms with van der Waals surface area (Å²) in [5.74, 6) is 1.15. The molecule has 0 spiro atoms. The third kappa shape index (κ3) is 3.89. The fourth-order valence-electron chi connectivity index (χ4n) is 4.04. The second kappa shape index (κ2) is 8.99. The van der Waals surface area contributed by atoms with Crippen molar-refractivity contribution in [2.45, 2.75) is 6.54 Å². The lowest BCUT2D eigenvalue weighted by Gasteiger charge is -2.13. The van der Waals surface area contributed by atoms with E-state index in [1.807, 2.05) is 6.07 Å². The topological polar surface area (TPSA) is 184 Å². The molecule has 14 nitrogen and oxygen atoms in total. The highest BCUT2D eigenvalue weighted by atomic mass is 16.1. The number of hydrogen-bond donors (Lipinski definition) is 1. The Hall–Kier alpha value is -5.84. The van der Waals surface area contributed by atoms with Crippen molar-refractivity contribution in [3.8, 4) is 40.1 Å². The highest BCUT2D eigenvalue weighted by Crippen LogP contribution is 2.34. The van der Waals surface area contributed by atoms with Gasteiger partial charge in [0.15, 0.2) is 17.3 Å². The van der Waals surface area contributed by atoms with Gasteiger partial charge in [0.25, 0.3) is 0 Å². The van der Waals surface area contributed by atoms with E-state index < -0.39 is 0 Å². The van der Waals surface area contributed by atoms with E-state index in [9.17, 15) is 10.1 Å². The Morgan fingerprint density at radius 2 is 1.89 bits per heavy atom. The van der Waals surface area contributed by atoms with E-state index in [-0.39, 0.29) is 18.1 Å². The van der Waals surface area contributed by atoms with Crippen LogP contribution in [0.1, 0.15) is 11.4 Å². The Morgan fingerprint density at radius 1 is 1.05 bits per heavy atom. The molecule has 1 aromatic carbocycles. The summed E-state index contributed by atoms with van der Waals surface area (Å²) in [5, 5.41) is 25.8. The minimum atomic E-state index is -0.169. The zero-order valence-corrected chi connectivity index (χ0v) is 19.8. The van der Waals surface area contributed by atoms with Crippen molar-refractivity contribution >= 4 is 11.6 Å². The van der Waals surface area contributed by atoms with Gasteiger partial charge in [-0.05, 0) is 34.7 Å². The van der Waals surface area contributed by atoms with Crippen molar-refractivity contribution in [2.75, 3.05) is 5.73 Å².